The van der Waals surface area contributed by atoms with Crippen LogP contribution in [0.25, 0.3) is 0 Å². The fourth-order valence-electron chi connectivity index (χ4n) is 1.83. The Labute approximate surface area is 119 Å². The Bertz CT molecular complexity index is 674. The molecule has 0 aliphatic rings. The molecule has 0 saturated heterocycles. The van der Waals surface area contributed by atoms with Crippen molar-refractivity contribution in [2.45, 2.75) is 13.2 Å². The van der Waals surface area contributed by atoms with Gasteiger partial charge in [-0.2, -0.15) is 0 Å². The molecule has 0 aliphatic carbocycles. The summed E-state index contributed by atoms with van der Waals surface area (Å²) in [5.41, 5.74) is 0.669. The molecule has 0 atom stereocenters. The highest BCUT2D eigenvalue weighted by atomic mass is 19.1. The highest BCUT2D eigenvalue weighted by Gasteiger charge is 2.12. The van der Waals surface area contributed by atoms with Crippen LogP contribution in [0.1, 0.15) is 21.5 Å². The number of benzene rings is 2. The lowest BCUT2D eigenvalue weighted by Gasteiger charge is -2.08. The van der Waals surface area contributed by atoms with E-state index in [2.05, 4.69) is 5.32 Å². The summed E-state index contributed by atoms with van der Waals surface area (Å²) in [4.78, 5) is 11.9. The van der Waals surface area contributed by atoms with Crippen LogP contribution in [0.2, 0.25) is 0 Å². The van der Waals surface area contributed by atoms with Gasteiger partial charge < -0.3 is 15.5 Å². The second kappa shape index (κ2) is 6.32. The van der Waals surface area contributed by atoms with Gasteiger partial charge in [-0.1, -0.05) is 6.07 Å². The molecule has 6 heteroatoms. The molecule has 0 aromatic heterocycles. The van der Waals surface area contributed by atoms with Crippen LogP contribution in [0.4, 0.5) is 8.78 Å². The van der Waals surface area contributed by atoms with Gasteiger partial charge in [-0.15, -0.1) is 0 Å². The zero-order valence-corrected chi connectivity index (χ0v) is 10.9. The standard InChI is InChI=1S/C15H13F2NO3/c16-11-2-3-12(14(20)6-11)15(21)18-7-9-1-4-13(17)10(5-9)8-19/h1-6,19-20H,7-8H2,(H,18,21). The molecule has 1 amide bonds. The molecule has 0 heterocycles. The molecule has 0 radical (unpaired) electrons. The average Bonchev–Trinajstić information content (AvgIpc) is 2.46. The molecule has 21 heavy (non-hydrogen) atoms. The van der Waals surface area contributed by atoms with Gasteiger partial charge in [0, 0.05) is 18.2 Å². The highest BCUT2D eigenvalue weighted by molar-refractivity contribution is 5.96. The van der Waals surface area contributed by atoms with Crippen molar-refractivity contribution in [1.82, 2.24) is 5.32 Å². The predicted molar refractivity (Wildman–Crippen MR) is 71.6 cm³/mol. The van der Waals surface area contributed by atoms with Crippen molar-refractivity contribution in [2.24, 2.45) is 0 Å². The number of amides is 1. The Morgan fingerprint density at radius 1 is 1.14 bits per heavy atom. The van der Waals surface area contributed by atoms with E-state index in [-0.39, 0.29) is 17.7 Å². The lowest BCUT2D eigenvalue weighted by atomic mass is 10.1. The van der Waals surface area contributed by atoms with E-state index in [4.69, 9.17) is 5.11 Å². The number of phenolic OH excluding ortho intramolecular Hbond substituents is 1. The van der Waals surface area contributed by atoms with Gasteiger partial charge in [0.25, 0.3) is 5.91 Å². The number of hydrogen-bond donors (Lipinski definition) is 3. The van der Waals surface area contributed by atoms with E-state index in [1.807, 2.05) is 0 Å². The zero-order valence-electron chi connectivity index (χ0n) is 10.9. The molecule has 3 N–H and O–H groups in total. The number of aliphatic hydroxyl groups excluding tert-OH is 1. The van der Waals surface area contributed by atoms with Gasteiger partial charge >= 0.3 is 0 Å². The van der Waals surface area contributed by atoms with Crippen LogP contribution in [0, 0.1) is 11.6 Å². The van der Waals surface area contributed by atoms with E-state index in [0.717, 1.165) is 12.1 Å². The number of carbonyl (C=O) groups excluding carboxylic acids is 1. The van der Waals surface area contributed by atoms with Crippen molar-refractivity contribution in [3.63, 3.8) is 0 Å². The minimum atomic E-state index is -0.643. The van der Waals surface area contributed by atoms with Gasteiger partial charge in [0.2, 0.25) is 0 Å². The monoisotopic (exact) mass is 293 g/mol. The molecule has 0 unspecified atom stereocenters. The first-order valence-electron chi connectivity index (χ1n) is 6.16. The molecule has 110 valence electrons. The number of aromatic hydroxyl groups is 1. The molecule has 2 aromatic rings. The molecule has 0 spiro atoms. The van der Waals surface area contributed by atoms with Crippen LogP contribution in [0.15, 0.2) is 36.4 Å². The quantitative estimate of drug-likeness (QED) is 0.808. The number of rotatable bonds is 4. The Balaban J connectivity index is 2.07. The summed E-state index contributed by atoms with van der Waals surface area (Å²) in [5.74, 6) is -2.20. The van der Waals surface area contributed by atoms with Crippen LogP contribution in [-0.2, 0) is 13.2 Å². The molecular weight excluding hydrogens is 280 g/mol. The minimum Gasteiger partial charge on any atom is -0.507 e. The third-order valence-corrected chi connectivity index (χ3v) is 2.94. The van der Waals surface area contributed by atoms with Crippen molar-refractivity contribution in [3.05, 3.63) is 64.7 Å². The lowest BCUT2D eigenvalue weighted by Crippen LogP contribution is -2.23. The van der Waals surface area contributed by atoms with Crippen LogP contribution < -0.4 is 5.32 Å². The summed E-state index contributed by atoms with van der Waals surface area (Å²) in [5, 5.41) is 21.0. The molecular formula is C15H13F2NO3. The molecule has 2 rings (SSSR count). The largest absolute Gasteiger partial charge is 0.507 e. The normalized spacial score (nSPS) is 10.4. The van der Waals surface area contributed by atoms with Crippen molar-refractivity contribution >= 4 is 5.91 Å². The van der Waals surface area contributed by atoms with Gasteiger partial charge in [-0.3, -0.25) is 4.79 Å². The van der Waals surface area contributed by atoms with E-state index < -0.39 is 29.9 Å². The van der Waals surface area contributed by atoms with Crippen LogP contribution >= 0.6 is 0 Å². The van der Waals surface area contributed by atoms with E-state index in [1.54, 1.807) is 0 Å². The zero-order chi connectivity index (χ0) is 15.4. The van der Waals surface area contributed by atoms with Crippen LogP contribution in [0.3, 0.4) is 0 Å². The Morgan fingerprint density at radius 2 is 1.90 bits per heavy atom. The van der Waals surface area contributed by atoms with Gasteiger partial charge in [0.05, 0.1) is 12.2 Å². The summed E-state index contributed by atoms with van der Waals surface area (Å²) in [7, 11) is 0. The Kier molecular flexibility index (Phi) is 4.49. The molecule has 4 nitrogen and oxygen atoms in total. The SMILES string of the molecule is O=C(NCc1ccc(F)c(CO)c1)c1ccc(F)cc1O. The maximum absolute atomic E-state index is 13.2. The summed E-state index contributed by atoms with van der Waals surface area (Å²) in [6.07, 6.45) is 0. The molecule has 0 aliphatic heterocycles. The second-order valence-electron chi connectivity index (χ2n) is 4.43. The van der Waals surface area contributed by atoms with E-state index in [1.165, 1.54) is 24.3 Å². The van der Waals surface area contributed by atoms with Gasteiger partial charge in [-0.05, 0) is 29.8 Å². The number of aliphatic hydroxyl groups is 1. The molecule has 2 aromatic carbocycles. The fourth-order valence-corrected chi connectivity index (χ4v) is 1.83. The number of phenols is 1. The van der Waals surface area contributed by atoms with E-state index in [9.17, 15) is 18.7 Å². The minimum absolute atomic E-state index is 0.0547. The van der Waals surface area contributed by atoms with E-state index >= 15 is 0 Å². The number of hydrogen-bond acceptors (Lipinski definition) is 3. The average molecular weight is 293 g/mol. The number of carbonyl (C=O) groups is 1. The first-order chi connectivity index (χ1) is 10.0. The summed E-state index contributed by atoms with van der Waals surface area (Å²) >= 11 is 0. The lowest BCUT2D eigenvalue weighted by molar-refractivity contribution is 0.0948. The molecule has 0 fully saturated rings. The van der Waals surface area contributed by atoms with Crippen LogP contribution in [-0.4, -0.2) is 16.1 Å². The summed E-state index contributed by atoms with van der Waals surface area (Å²) in [6, 6.07) is 7.18. The molecule has 0 saturated carbocycles. The predicted octanol–water partition coefficient (Wildman–Crippen LogP) is 2.09. The second-order valence-corrected chi connectivity index (χ2v) is 4.43. The van der Waals surface area contributed by atoms with Gasteiger partial charge in [-0.25, -0.2) is 8.78 Å². The van der Waals surface area contributed by atoms with Crippen molar-refractivity contribution in [3.8, 4) is 5.75 Å². The van der Waals surface area contributed by atoms with E-state index in [0.29, 0.717) is 5.56 Å². The fraction of sp³-hybridized carbons (Fsp3) is 0.133. The highest BCUT2D eigenvalue weighted by Crippen LogP contribution is 2.18. The smallest absolute Gasteiger partial charge is 0.255 e. The number of halogens is 2. The Morgan fingerprint density at radius 3 is 2.57 bits per heavy atom. The third-order valence-electron chi connectivity index (χ3n) is 2.94. The van der Waals surface area contributed by atoms with Crippen molar-refractivity contribution < 1.29 is 23.8 Å². The van der Waals surface area contributed by atoms with Gasteiger partial charge in [0.1, 0.15) is 17.4 Å². The summed E-state index contributed by atoms with van der Waals surface area (Å²) in [6.45, 7) is -0.352. The van der Waals surface area contributed by atoms with Crippen LogP contribution in [0.5, 0.6) is 5.75 Å². The first-order valence-corrected chi connectivity index (χ1v) is 6.16. The maximum Gasteiger partial charge on any atom is 0.255 e. The third kappa shape index (κ3) is 3.55. The van der Waals surface area contributed by atoms with Crippen molar-refractivity contribution in [1.29, 1.82) is 0 Å². The van der Waals surface area contributed by atoms with Gasteiger partial charge in [0.15, 0.2) is 0 Å². The summed E-state index contributed by atoms with van der Waals surface area (Å²) < 4.78 is 26.0. The van der Waals surface area contributed by atoms with Crippen molar-refractivity contribution in [2.75, 3.05) is 0 Å². The molecule has 0 bridgehead atoms. The maximum atomic E-state index is 13.2. The Hall–Kier alpha value is -2.47. The topological polar surface area (TPSA) is 69.6 Å². The number of nitrogens with one attached hydrogen (secondary N) is 1. The first kappa shape index (κ1) is 14.9.